The third-order valence-electron chi connectivity index (χ3n) is 5.73. The van der Waals surface area contributed by atoms with E-state index in [1.54, 1.807) is 24.3 Å². The Morgan fingerprint density at radius 3 is 2.52 bits per heavy atom. The molecule has 1 heterocycles. The number of nitro benzene ring substituents is 1. The molecule has 1 saturated carbocycles. The fourth-order valence-electron chi connectivity index (χ4n) is 4.45. The SMILES string of the molecule is CC1(NC2CCCCC2NC(=O)O)CCCN(c2ccc([N+](=O)[O-])cc2)C1. The Morgan fingerprint density at radius 2 is 1.89 bits per heavy atom. The number of anilines is 1. The molecule has 148 valence electrons. The lowest BCUT2D eigenvalue weighted by Crippen LogP contribution is -2.63. The van der Waals surface area contributed by atoms with E-state index in [4.69, 9.17) is 5.11 Å². The monoisotopic (exact) mass is 376 g/mol. The van der Waals surface area contributed by atoms with Crippen molar-refractivity contribution in [2.45, 2.75) is 63.1 Å². The number of nitro groups is 1. The second kappa shape index (κ2) is 8.12. The maximum atomic E-state index is 11.1. The van der Waals surface area contributed by atoms with Crippen molar-refractivity contribution in [1.29, 1.82) is 0 Å². The number of hydrogen-bond acceptors (Lipinski definition) is 5. The van der Waals surface area contributed by atoms with Gasteiger partial charge >= 0.3 is 6.09 Å². The molecule has 1 aliphatic heterocycles. The van der Waals surface area contributed by atoms with Crippen LogP contribution in [0.1, 0.15) is 45.4 Å². The van der Waals surface area contributed by atoms with Gasteiger partial charge in [-0.15, -0.1) is 0 Å². The Morgan fingerprint density at radius 1 is 1.22 bits per heavy atom. The van der Waals surface area contributed by atoms with Gasteiger partial charge in [0.1, 0.15) is 0 Å². The molecular weight excluding hydrogens is 348 g/mol. The summed E-state index contributed by atoms with van der Waals surface area (Å²) in [6.45, 7) is 3.90. The van der Waals surface area contributed by atoms with Crippen molar-refractivity contribution in [3.63, 3.8) is 0 Å². The summed E-state index contributed by atoms with van der Waals surface area (Å²) in [6.07, 6.45) is 5.07. The van der Waals surface area contributed by atoms with Crippen LogP contribution in [0.5, 0.6) is 0 Å². The largest absolute Gasteiger partial charge is 0.465 e. The third kappa shape index (κ3) is 4.88. The van der Waals surface area contributed by atoms with E-state index < -0.39 is 6.09 Å². The molecule has 2 fully saturated rings. The average Bonchev–Trinajstić information content (AvgIpc) is 2.63. The van der Waals surface area contributed by atoms with E-state index in [1.165, 1.54) is 0 Å². The topological polar surface area (TPSA) is 108 Å². The number of rotatable bonds is 5. The molecule has 27 heavy (non-hydrogen) atoms. The zero-order valence-corrected chi connectivity index (χ0v) is 15.7. The molecule has 0 bridgehead atoms. The predicted molar refractivity (Wildman–Crippen MR) is 103 cm³/mol. The van der Waals surface area contributed by atoms with Crippen LogP contribution in [0.4, 0.5) is 16.2 Å². The molecule has 3 atom stereocenters. The number of carbonyl (C=O) groups is 1. The number of amides is 1. The number of non-ortho nitro benzene ring substituents is 1. The first-order valence-electron chi connectivity index (χ1n) is 9.63. The van der Waals surface area contributed by atoms with Crippen LogP contribution in [-0.2, 0) is 0 Å². The van der Waals surface area contributed by atoms with Crippen LogP contribution in [0.25, 0.3) is 0 Å². The van der Waals surface area contributed by atoms with Crippen molar-refractivity contribution in [3.05, 3.63) is 34.4 Å². The van der Waals surface area contributed by atoms with E-state index in [-0.39, 0.29) is 28.2 Å². The van der Waals surface area contributed by atoms with Gasteiger partial charge in [-0.05, 0) is 44.7 Å². The van der Waals surface area contributed by atoms with Crippen LogP contribution < -0.4 is 15.5 Å². The van der Waals surface area contributed by atoms with Crippen molar-refractivity contribution in [1.82, 2.24) is 10.6 Å². The quantitative estimate of drug-likeness (QED) is 0.538. The molecule has 3 rings (SSSR count). The molecule has 1 saturated heterocycles. The predicted octanol–water partition coefficient (Wildman–Crippen LogP) is 3.12. The minimum atomic E-state index is -0.963. The second-order valence-corrected chi connectivity index (χ2v) is 7.95. The zero-order valence-electron chi connectivity index (χ0n) is 15.7. The highest BCUT2D eigenvalue weighted by atomic mass is 16.6. The highest BCUT2D eigenvalue weighted by Gasteiger charge is 2.36. The van der Waals surface area contributed by atoms with E-state index in [0.29, 0.717) is 0 Å². The summed E-state index contributed by atoms with van der Waals surface area (Å²) < 4.78 is 0. The first-order chi connectivity index (χ1) is 12.9. The maximum Gasteiger partial charge on any atom is 0.404 e. The molecule has 1 aliphatic carbocycles. The molecule has 1 aromatic rings. The number of benzene rings is 1. The Balaban J connectivity index is 1.67. The normalized spacial score (nSPS) is 28.6. The van der Waals surface area contributed by atoms with Gasteiger partial charge in [0.25, 0.3) is 5.69 Å². The molecule has 0 spiro atoms. The van der Waals surface area contributed by atoms with Gasteiger partial charge in [-0.1, -0.05) is 12.8 Å². The van der Waals surface area contributed by atoms with Crippen molar-refractivity contribution < 1.29 is 14.8 Å². The highest BCUT2D eigenvalue weighted by molar-refractivity contribution is 5.65. The highest BCUT2D eigenvalue weighted by Crippen LogP contribution is 2.29. The molecule has 3 unspecified atom stereocenters. The standard InChI is InChI=1S/C19H28N4O4/c1-19(21-17-6-3-2-5-16(17)20-18(24)25)11-4-12-22(13-19)14-7-9-15(10-8-14)23(26)27/h7-10,16-17,20-21H,2-6,11-13H2,1H3,(H,24,25). The third-order valence-corrected chi connectivity index (χ3v) is 5.73. The minimum absolute atomic E-state index is 0.0529. The fraction of sp³-hybridized carbons (Fsp3) is 0.632. The lowest BCUT2D eigenvalue weighted by molar-refractivity contribution is -0.384. The minimum Gasteiger partial charge on any atom is -0.465 e. The van der Waals surface area contributed by atoms with Gasteiger partial charge < -0.3 is 20.6 Å². The molecule has 0 aromatic heterocycles. The summed E-state index contributed by atoms with van der Waals surface area (Å²) in [6, 6.07) is 6.78. The second-order valence-electron chi connectivity index (χ2n) is 7.95. The lowest BCUT2D eigenvalue weighted by atomic mass is 9.84. The molecule has 8 heteroatoms. The van der Waals surface area contributed by atoms with Crippen molar-refractivity contribution in [2.75, 3.05) is 18.0 Å². The number of hydrogen-bond donors (Lipinski definition) is 3. The van der Waals surface area contributed by atoms with E-state index >= 15 is 0 Å². The smallest absolute Gasteiger partial charge is 0.404 e. The molecular formula is C19H28N4O4. The number of nitrogens with one attached hydrogen (secondary N) is 2. The van der Waals surface area contributed by atoms with E-state index in [9.17, 15) is 14.9 Å². The summed E-state index contributed by atoms with van der Waals surface area (Å²) >= 11 is 0. The van der Waals surface area contributed by atoms with Gasteiger partial charge in [0, 0.05) is 48.5 Å². The van der Waals surface area contributed by atoms with Gasteiger partial charge in [-0.2, -0.15) is 0 Å². The molecule has 8 nitrogen and oxygen atoms in total. The van der Waals surface area contributed by atoms with Crippen molar-refractivity contribution in [3.8, 4) is 0 Å². The molecule has 0 radical (unpaired) electrons. The molecule has 2 aliphatic rings. The molecule has 1 aromatic carbocycles. The molecule has 1 amide bonds. The van der Waals surface area contributed by atoms with E-state index in [1.807, 2.05) is 0 Å². The van der Waals surface area contributed by atoms with Crippen LogP contribution in [0.2, 0.25) is 0 Å². The molecule has 3 N–H and O–H groups in total. The van der Waals surface area contributed by atoms with Gasteiger partial charge in [0.2, 0.25) is 0 Å². The van der Waals surface area contributed by atoms with Crippen LogP contribution in [-0.4, -0.2) is 46.8 Å². The van der Waals surface area contributed by atoms with Crippen molar-refractivity contribution in [2.24, 2.45) is 0 Å². The van der Waals surface area contributed by atoms with Gasteiger partial charge in [-0.3, -0.25) is 10.1 Å². The summed E-state index contributed by atoms with van der Waals surface area (Å²) in [5, 5.41) is 26.4. The number of nitrogens with zero attached hydrogens (tertiary/aromatic N) is 2. The van der Waals surface area contributed by atoms with Crippen LogP contribution in [0, 0.1) is 10.1 Å². The number of carboxylic acid groups (broad SMARTS) is 1. The van der Waals surface area contributed by atoms with E-state index in [0.717, 1.165) is 57.3 Å². The van der Waals surface area contributed by atoms with Crippen LogP contribution in [0.3, 0.4) is 0 Å². The number of piperidine rings is 1. The van der Waals surface area contributed by atoms with Gasteiger partial charge in [0.05, 0.1) is 4.92 Å². The zero-order chi connectivity index (χ0) is 19.4. The summed E-state index contributed by atoms with van der Waals surface area (Å²) in [5.74, 6) is 0. The Bertz CT molecular complexity index is 681. The summed E-state index contributed by atoms with van der Waals surface area (Å²) in [4.78, 5) is 23.8. The fourth-order valence-corrected chi connectivity index (χ4v) is 4.45. The Kier molecular flexibility index (Phi) is 5.84. The Hall–Kier alpha value is -2.35. The van der Waals surface area contributed by atoms with E-state index in [2.05, 4.69) is 22.5 Å². The van der Waals surface area contributed by atoms with Crippen LogP contribution >= 0.6 is 0 Å². The summed E-state index contributed by atoms with van der Waals surface area (Å²) in [7, 11) is 0. The lowest BCUT2D eigenvalue weighted by Gasteiger charge is -2.46. The Labute approximate surface area is 159 Å². The van der Waals surface area contributed by atoms with Crippen molar-refractivity contribution >= 4 is 17.5 Å². The first kappa shape index (κ1) is 19.4. The average molecular weight is 376 g/mol. The van der Waals surface area contributed by atoms with Gasteiger partial charge in [-0.25, -0.2) is 4.79 Å². The van der Waals surface area contributed by atoms with Gasteiger partial charge in [0.15, 0.2) is 0 Å². The maximum absolute atomic E-state index is 11.1. The summed E-state index contributed by atoms with van der Waals surface area (Å²) in [5.41, 5.74) is 0.958. The van der Waals surface area contributed by atoms with Crippen LogP contribution in [0.15, 0.2) is 24.3 Å². The first-order valence-corrected chi connectivity index (χ1v) is 9.63.